The van der Waals surface area contributed by atoms with Gasteiger partial charge < -0.3 is 5.32 Å². The summed E-state index contributed by atoms with van der Waals surface area (Å²) in [6.07, 6.45) is 1.40. The number of hydrogen-bond acceptors (Lipinski definition) is 3. The summed E-state index contributed by atoms with van der Waals surface area (Å²) in [4.78, 5) is 11.8. The summed E-state index contributed by atoms with van der Waals surface area (Å²) in [7, 11) is 1.66. The molecule has 2 aromatic rings. The largest absolute Gasteiger partial charge is 0.324 e. The zero-order valence-electron chi connectivity index (χ0n) is 10.6. The maximum Gasteiger partial charge on any atom is 0.324 e. The van der Waals surface area contributed by atoms with Gasteiger partial charge in [0.05, 0.1) is 6.20 Å². The highest BCUT2D eigenvalue weighted by Gasteiger charge is 2.11. The van der Waals surface area contributed by atoms with Crippen LogP contribution in [-0.4, -0.2) is 15.8 Å². The molecular formula is C13H13N5O. The maximum absolute atomic E-state index is 11.8. The van der Waals surface area contributed by atoms with Crippen LogP contribution in [0.25, 0.3) is 0 Å². The standard InChI is InChI=1S/C13H13N5O/c1-9-3-5-11(6-4-9)16-13(19)17-12-10(7-14)8-15-18(12)2/h3-6,8H,1-2H3,(H2,16,17,19). The first kappa shape index (κ1) is 12.6. The molecule has 0 atom stereocenters. The second-order valence-corrected chi connectivity index (χ2v) is 4.09. The number of nitriles is 1. The fraction of sp³-hybridized carbons (Fsp3) is 0.154. The average molecular weight is 255 g/mol. The molecule has 0 aliphatic rings. The van der Waals surface area contributed by atoms with Crippen molar-refractivity contribution in [2.75, 3.05) is 10.6 Å². The van der Waals surface area contributed by atoms with Gasteiger partial charge >= 0.3 is 6.03 Å². The Labute approximate surface area is 110 Å². The predicted molar refractivity (Wildman–Crippen MR) is 71.7 cm³/mol. The number of carbonyl (C=O) groups is 1. The molecule has 0 saturated carbocycles. The molecule has 1 aromatic carbocycles. The van der Waals surface area contributed by atoms with Crippen molar-refractivity contribution in [1.82, 2.24) is 9.78 Å². The number of urea groups is 1. The van der Waals surface area contributed by atoms with Crippen LogP contribution < -0.4 is 10.6 Å². The number of hydrogen-bond donors (Lipinski definition) is 2. The minimum Gasteiger partial charge on any atom is -0.308 e. The molecule has 0 aliphatic heterocycles. The Morgan fingerprint density at radius 1 is 1.32 bits per heavy atom. The second kappa shape index (κ2) is 5.23. The van der Waals surface area contributed by atoms with Gasteiger partial charge in [0.25, 0.3) is 0 Å². The molecule has 1 heterocycles. The Bertz CT molecular complexity index is 636. The fourth-order valence-corrected chi connectivity index (χ4v) is 1.57. The Kier molecular flexibility index (Phi) is 3.48. The van der Waals surface area contributed by atoms with Gasteiger partial charge in [0.1, 0.15) is 17.5 Å². The molecular weight excluding hydrogens is 242 g/mol. The van der Waals surface area contributed by atoms with Crippen LogP contribution in [0.15, 0.2) is 30.5 Å². The zero-order valence-corrected chi connectivity index (χ0v) is 10.6. The van der Waals surface area contributed by atoms with E-state index in [-0.39, 0.29) is 0 Å². The topological polar surface area (TPSA) is 82.7 Å². The first-order chi connectivity index (χ1) is 9.10. The molecule has 19 heavy (non-hydrogen) atoms. The zero-order chi connectivity index (χ0) is 13.8. The Hall–Kier alpha value is -2.81. The van der Waals surface area contributed by atoms with Gasteiger partial charge in [0.2, 0.25) is 0 Å². The number of benzene rings is 1. The van der Waals surface area contributed by atoms with Gasteiger partial charge in [-0.05, 0) is 19.1 Å². The number of aromatic nitrogens is 2. The van der Waals surface area contributed by atoms with Crippen LogP contribution in [0, 0.1) is 18.3 Å². The molecule has 2 amide bonds. The quantitative estimate of drug-likeness (QED) is 0.863. The lowest BCUT2D eigenvalue weighted by atomic mass is 10.2. The van der Waals surface area contributed by atoms with E-state index in [4.69, 9.17) is 5.26 Å². The van der Waals surface area contributed by atoms with Crippen molar-refractivity contribution in [2.24, 2.45) is 7.05 Å². The first-order valence-corrected chi connectivity index (χ1v) is 5.67. The molecule has 96 valence electrons. The van der Waals surface area contributed by atoms with Crippen LogP contribution in [0.3, 0.4) is 0 Å². The highest BCUT2D eigenvalue weighted by atomic mass is 16.2. The minimum absolute atomic E-state index is 0.321. The van der Waals surface area contributed by atoms with E-state index >= 15 is 0 Å². The van der Waals surface area contributed by atoms with Crippen LogP contribution in [0.5, 0.6) is 0 Å². The van der Waals surface area contributed by atoms with Gasteiger partial charge in [-0.1, -0.05) is 17.7 Å². The highest BCUT2D eigenvalue weighted by molar-refractivity contribution is 5.99. The van der Waals surface area contributed by atoms with Gasteiger partial charge in [-0.15, -0.1) is 0 Å². The number of nitrogens with zero attached hydrogens (tertiary/aromatic N) is 3. The molecule has 2 N–H and O–H groups in total. The number of carbonyl (C=O) groups excluding carboxylic acids is 1. The number of rotatable bonds is 2. The summed E-state index contributed by atoms with van der Waals surface area (Å²) >= 11 is 0. The number of nitrogens with one attached hydrogen (secondary N) is 2. The predicted octanol–water partition coefficient (Wildman–Crippen LogP) is 2.24. The molecule has 0 unspecified atom stereocenters. The van der Waals surface area contributed by atoms with Crippen LogP contribution in [0.1, 0.15) is 11.1 Å². The van der Waals surface area contributed by atoms with E-state index in [0.717, 1.165) is 5.56 Å². The smallest absolute Gasteiger partial charge is 0.308 e. The van der Waals surface area contributed by atoms with Crippen molar-refractivity contribution in [1.29, 1.82) is 5.26 Å². The summed E-state index contributed by atoms with van der Waals surface area (Å²) in [6.45, 7) is 1.97. The number of amides is 2. The van der Waals surface area contributed by atoms with Crippen molar-refractivity contribution in [2.45, 2.75) is 6.92 Å². The molecule has 2 rings (SSSR count). The average Bonchev–Trinajstić information content (AvgIpc) is 2.73. The highest BCUT2D eigenvalue weighted by Crippen LogP contribution is 2.14. The van der Waals surface area contributed by atoms with E-state index in [2.05, 4.69) is 15.7 Å². The van der Waals surface area contributed by atoms with E-state index in [1.165, 1.54) is 10.9 Å². The van der Waals surface area contributed by atoms with Crippen LogP contribution in [-0.2, 0) is 7.05 Å². The van der Waals surface area contributed by atoms with E-state index in [0.29, 0.717) is 17.1 Å². The molecule has 0 saturated heterocycles. The van der Waals surface area contributed by atoms with Gasteiger partial charge in [-0.2, -0.15) is 10.4 Å². The normalized spacial score (nSPS) is 9.74. The van der Waals surface area contributed by atoms with Crippen molar-refractivity contribution in [3.05, 3.63) is 41.6 Å². The van der Waals surface area contributed by atoms with E-state index in [1.807, 2.05) is 37.3 Å². The summed E-state index contributed by atoms with van der Waals surface area (Å²) in [5.74, 6) is 0.368. The van der Waals surface area contributed by atoms with E-state index in [9.17, 15) is 4.79 Å². The summed E-state index contributed by atoms with van der Waals surface area (Å²) in [5, 5.41) is 18.1. The van der Waals surface area contributed by atoms with Crippen LogP contribution in [0.4, 0.5) is 16.3 Å². The summed E-state index contributed by atoms with van der Waals surface area (Å²) < 4.78 is 1.44. The summed E-state index contributed by atoms with van der Waals surface area (Å²) in [6, 6.07) is 8.98. The molecule has 0 fully saturated rings. The van der Waals surface area contributed by atoms with Gasteiger partial charge in [0, 0.05) is 12.7 Å². The first-order valence-electron chi connectivity index (χ1n) is 5.67. The van der Waals surface area contributed by atoms with Crippen molar-refractivity contribution in [3.63, 3.8) is 0 Å². The lowest BCUT2D eigenvalue weighted by molar-refractivity contribution is 0.262. The van der Waals surface area contributed by atoms with Gasteiger partial charge in [0.15, 0.2) is 0 Å². The lowest BCUT2D eigenvalue weighted by Crippen LogP contribution is -2.21. The third-order valence-corrected chi connectivity index (χ3v) is 2.60. The molecule has 6 heteroatoms. The third-order valence-electron chi connectivity index (χ3n) is 2.60. The third kappa shape index (κ3) is 2.90. The molecule has 0 bridgehead atoms. The Morgan fingerprint density at radius 2 is 2.00 bits per heavy atom. The Morgan fingerprint density at radius 3 is 2.63 bits per heavy atom. The molecule has 1 aromatic heterocycles. The number of aryl methyl sites for hydroxylation is 2. The van der Waals surface area contributed by atoms with Crippen molar-refractivity contribution < 1.29 is 4.79 Å². The monoisotopic (exact) mass is 255 g/mol. The van der Waals surface area contributed by atoms with Crippen molar-refractivity contribution >= 4 is 17.5 Å². The van der Waals surface area contributed by atoms with Crippen LogP contribution >= 0.6 is 0 Å². The summed E-state index contributed by atoms with van der Waals surface area (Å²) in [5.41, 5.74) is 2.12. The second-order valence-electron chi connectivity index (χ2n) is 4.09. The van der Waals surface area contributed by atoms with Gasteiger partial charge in [-0.25, -0.2) is 4.79 Å². The van der Waals surface area contributed by atoms with E-state index < -0.39 is 6.03 Å². The Balaban J connectivity index is 2.07. The SMILES string of the molecule is Cc1ccc(NC(=O)Nc2c(C#N)cnn2C)cc1. The van der Waals surface area contributed by atoms with Crippen LogP contribution in [0.2, 0.25) is 0 Å². The molecule has 0 aliphatic carbocycles. The molecule has 0 spiro atoms. The fourth-order valence-electron chi connectivity index (χ4n) is 1.57. The van der Waals surface area contributed by atoms with Gasteiger partial charge in [-0.3, -0.25) is 10.00 Å². The minimum atomic E-state index is -0.413. The van der Waals surface area contributed by atoms with Crippen molar-refractivity contribution in [3.8, 4) is 6.07 Å². The molecule has 0 radical (unpaired) electrons. The van der Waals surface area contributed by atoms with E-state index in [1.54, 1.807) is 7.05 Å². The molecule has 6 nitrogen and oxygen atoms in total. The maximum atomic E-state index is 11.8. The number of anilines is 2. The lowest BCUT2D eigenvalue weighted by Gasteiger charge is -2.08.